The van der Waals surface area contributed by atoms with Crippen molar-refractivity contribution in [3.05, 3.63) is 12.2 Å². The quantitative estimate of drug-likeness (QED) is 0.716. The Hall–Kier alpha value is -0.970. The maximum Gasteiger partial charge on any atom is 0.167 e. The van der Waals surface area contributed by atoms with Crippen molar-refractivity contribution in [2.45, 2.75) is 13.0 Å². The molecular weight excluding hydrogens is 159 g/mol. The predicted molar refractivity (Wildman–Crippen MR) is 43.4 cm³/mol. The zero-order valence-corrected chi connectivity index (χ0v) is 7.29. The van der Waals surface area contributed by atoms with E-state index in [1.165, 1.54) is 0 Å². The summed E-state index contributed by atoms with van der Waals surface area (Å²) in [5.41, 5.74) is 0. The molecule has 0 aliphatic carbocycles. The summed E-state index contributed by atoms with van der Waals surface area (Å²) < 4.78 is 13.4. The van der Waals surface area contributed by atoms with E-state index in [9.17, 15) is 4.39 Å². The van der Waals surface area contributed by atoms with Crippen LogP contribution in [-0.2, 0) is 7.05 Å². The molecule has 0 spiro atoms. The first-order valence-electron chi connectivity index (χ1n) is 3.89. The minimum absolute atomic E-state index is 0.0157. The van der Waals surface area contributed by atoms with Gasteiger partial charge in [0, 0.05) is 13.6 Å². The Morgan fingerprint density at radius 2 is 2.50 bits per heavy atom. The summed E-state index contributed by atoms with van der Waals surface area (Å²) in [6, 6.07) is 0.0157. The van der Waals surface area contributed by atoms with Crippen LogP contribution in [0.15, 0.2) is 6.33 Å². The van der Waals surface area contributed by atoms with Crippen molar-refractivity contribution in [2.75, 3.05) is 13.2 Å². The first-order chi connectivity index (χ1) is 5.74. The number of hydrogen-bond donors (Lipinski definition) is 1. The molecule has 0 saturated heterocycles. The zero-order chi connectivity index (χ0) is 8.97. The Kier molecular flexibility index (Phi) is 3.16. The molecule has 1 atom stereocenters. The highest BCUT2D eigenvalue weighted by Gasteiger charge is 2.07. The Morgan fingerprint density at radius 1 is 1.75 bits per heavy atom. The van der Waals surface area contributed by atoms with Crippen LogP contribution in [0.3, 0.4) is 0 Å². The van der Waals surface area contributed by atoms with E-state index in [1.54, 1.807) is 18.1 Å². The van der Waals surface area contributed by atoms with Gasteiger partial charge in [-0.2, -0.15) is 5.10 Å². The number of nitrogens with zero attached hydrogens (tertiary/aromatic N) is 3. The highest BCUT2D eigenvalue weighted by Crippen LogP contribution is 2.03. The lowest BCUT2D eigenvalue weighted by Crippen LogP contribution is -2.22. The maximum absolute atomic E-state index is 11.8. The lowest BCUT2D eigenvalue weighted by atomic mass is 10.3. The van der Waals surface area contributed by atoms with Crippen LogP contribution in [0.1, 0.15) is 18.8 Å². The van der Waals surface area contributed by atoms with Crippen LogP contribution < -0.4 is 5.32 Å². The summed E-state index contributed by atoms with van der Waals surface area (Å²) in [6.45, 7) is 1.89. The van der Waals surface area contributed by atoms with Crippen molar-refractivity contribution in [3.63, 3.8) is 0 Å². The van der Waals surface area contributed by atoms with Gasteiger partial charge in [0.15, 0.2) is 5.82 Å². The molecule has 0 radical (unpaired) electrons. The summed E-state index contributed by atoms with van der Waals surface area (Å²) in [5.74, 6) is 0.700. The average molecular weight is 172 g/mol. The average Bonchev–Trinajstić information content (AvgIpc) is 2.47. The summed E-state index contributed by atoms with van der Waals surface area (Å²) in [6.07, 6.45) is 1.63. The molecule has 0 aliphatic heterocycles. The van der Waals surface area contributed by atoms with Gasteiger partial charge in [0.05, 0.1) is 6.04 Å². The topological polar surface area (TPSA) is 42.7 Å². The molecule has 0 saturated carbocycles. The van der Waals surface area contributed by atoms with Gasteiger partial charge in [0.2, 0.25) is 0 Å². The Bertz CT molecular complexity index is 235. The summed E-state index contributed by atoms with van der Waals surface area (Å²) in [5, 5.41) is 7.03. The monoisotopic (exact) mass is 172 g/mol. The lowest BCUT2D eigenvalue weighted by Gasteiger charge is -2.07. The molecule has 1 aromatic rings. The van der Waals surface area contributed by atoms with Crippen molar-refractivity contribution < 1.29 is 4.39 Å². The van der Waals surface area contributed by atoms with E-state index in [0.717, 1.165) is 0 Å². The molecule has 1 unspecified atom stereocenters. The minimum atomic E-state index is -0.364. The molecule has 1 aromatic heterocycles. The number of aryl methyl sites for hydroxylation is 1. The second-order valence-electron chi connectivity index (χ2n) is 2.64. The molecule has 1 rings (SSSR count). The van der Waals surface area contributed by atoms with Gasteiger partial charge in [-0.3, -0.25) is 4.68 Å². The molecule has 12 heavy (non-hydrogen) atoms. The van der Waals surface area contributed by atoms with Crippen molar-refractivity contribution in [2.24, 2.45) is 7.05 Å². The maximum atomic E-state index is 11.8. The van der Waals surface area contributed by atoms with Gasteiger partial charge in [-0.1, -0.05) is 0 Å². The number of halogens is 1. The van der Waals surface area contributed by atoms with Gasteiger partial charge in [-0.05, 0) is 6.92 Å². The van der Waals surface area contributed by atoms with Gasteiger partial charge >= 0.3 is 0 Å². The molecule has 1 N–H and O–H groups in total. The third kappa shape index (κ3) is 2.27. The second-order valence-corrected chi connectivity index (χ2v) is 2.64. The number of rotatable bonds is 4. The van der Waals surface area contributed by atoms with Crippen LogP contribution in [0, 0.1) is 0 Å². The number of aromatic nitrogens is 3. The van der Waals surface area contributed by atoms with Gasteiger partial charge < -0.3 is 5.32 Å². The minimum Gasteiger partial charge on any atom is -0.305 e. The molecule has 0 fully saturated rings. The van der Waals surface area contributed by atoms with Crippen molar-refractivity contribution in [1.82, 2.24) is 20.1 Å². The van der Waals surface area contributed by atoms with Crippen LogP contribution in [0.25, 0.3) is 0 Å². The fraction of sp³-hybridized carbons (Fsp3) is 0.714. The van der Waals surface area contributed by atoms with Crippen LogP contribution in [-0.4, -0.2) is 28.0 Å². The highest BCUT2D eigenvalue weighted by atomic mass is 19.1. The number of alkyl halides is 1. The van der Waals surface area contributed by atoms with Gasteiger partial charge in [0.25, 0.3) is 0 Å². The van der Waals surface area contributed by atoms with Gasteiger partial charge in [-0.25, -0.2) is 9.37 Å². The van der Waals surface area contributed by atoms with E-state index in [4.69, 9.17) is 0 Å². The lowest BCUT2D eigenvalue weighted by molar-refractivity contribution is 0.437. The molecule has 4 nitrogen and oxygen atoms in total. The molecule has 0 bridgehead atoms. The molecule has 0 aromatic carbocycles. The summed E-state index contributed by atoms with van der Waals surface area (Å²) in [4.78, 5) is 4.04. The largest absolute Gasteiger partial charge is 0.305 e. The van der Waals surface area contributed by atoms with Crippen molar-refractivity contribution >= 4 is 0 Å². The normalized spacial score (nSPS) is 13.2. The third-order valence-corrected chi connectivity index (χ3v) is 1.55. The van der Waals surface area contributed by atoms with Gasteiger partial charge in [-0.15, -0.1) is 0 Å². The predicted octanol–water partition coefficient (Wildman–Crippen LogP) is 0.435. The molecule has 68 valence electrons. The van der Waals surface area contributed by atoms with Crippen LogP contribution in [0.4, 0.5) is 4.39 Å². The number of hydrogen-bond acceptors (Lipinski definition) is 3. The Labute approximate surface area is 70.8 Å². The van der Waals surface area contributed by atoms with E-state index < -0.39 is 0 Å². The molecule has 0 amide bonds. The smallest absolute Gasteiger partial charge is 0.167 e. The Balaban J connectivity index is 2.47. The van der Waals surface area contributed by atoms with Gasteiger partial charge in [0.1, 0.15) is 13.0 Å². The van der Waals surface area contributed by atoms with Crippen LogP contribution >= 0.6 is 0 Å². The first-order valence-corrected chi connectivity index (χ1v) is 3.89. The second kappa shape index (κ2) is 4.15. The fourth-order valence-corrected chi connectivity index (χ4v) is 0.917. The number of nitrogens with one attached hydrogen (secondary N) is 1. The van der Waals surface area contributed by atoms with Crippen molar-refractivity contribution in [3.8, 4) is 0 Å². The SMILES string of the molecule is CC(NCCF)c1ncn(C)n1. The highest BCUT2D eigenvalue weighted by molar-refractivity contribution is 4.89. The zero-order valence-electron chi connectivity index (χ0n) is 7.29. The van der Waals surface area contributed by atoms with E-state index in [1.807, 2.05) is 6.92 Å². The third-order valence-electron chi connectivity index (χ3n) is 1.55. The molecular formula is C7H13FN4. The summed E-state index contributed by atoms with van der Waals surface area (Å²) >= 11 is 0. The van der Waals surface area contributed by atoms with E-state index in [0.29, 0.717) is 12.4 Å². The van der Waals surface area contributed by atoms with Crippen LogP contribution in [0.5, 0.6) is 0 Å². The molecule has 1 heterocycles. The fourth-order valence-electron chi connectivity index (χ4n) is 0.917. The Morgan fingerprint density at radius 3 is 3.00 bits per heavy atom. The van der Waals surface area contributed by atoms with E-state index >= 15 is 0 Å². The first kappa shape index (κ1) is 9.12. The van der Waals surface area contributed by atoms with Crippen molar-refractivity contribution in [1.29, 1.82) is 0 Å². The standard InChI is InChI=1S/C7H13FN4/c1-6(9-4-3-8)7-10-5-12(2)11-7/h5-6,9H,3-4H2,1-2H3. The van der Waals surface area contributed by atoms with E-state index in [2.05, 4.69) is 15.4 Å². The molecule has 5 heteroatoms. The molecule has 0 aliphatic rings. The van der Waals surface area contributed by atoms with Crippen LogP contribution in [0.2, 0.25) is 0 Å². The van der Waals surface area contributed by atoms with E-state index in [-0.39, 0.29) is 12.7 Å². The summed E-state index contributed by atoms with van der Waals surface area (Å²) in [7, 11) is 1.80.